The Kier molecular flexibility index (Phi) is 5.72. The molecule has 5 nitrogen and oxygen atoms in total. The van der Waals surface area contributed by atoms with Crippen molar-refractivity contribution in [3.63, 3.8) is 0 Å². The second-order valence-electron chi connectivity index (χ2n) is 1.85. The normalized spacial score (nSPS) is 18.2. The van der Waals surface area contributed by atoms with Gasteiger partial charge in [0.15, 0.2) is 0 Å². The zero-order valence-electron chi connectivity index (χ0n) is 6.73. The Morgan fingerprint density at radius 1 is 1.75 bits per heavy atom. The van der Waals surface area contributed by atoms with Crippen LogP contribution in [0.4, 0.5) is 0 Å². The molecule has 0 spiro atoms. The summed E-state index contributed by atoms with van der Waals surface area (Å²) in [4.78, 5) is 8.78. The van der Waals surface area contributed by atoms with Gasteiger partial charge < -0.3 is 9.63 Å². The Hall–Kier alpha value is 0.0800. The first-order valence-electron chi connectivity index (χ1n) is 3.28. The Bertz CT molecular complexity index is 214. The summed E-state index contributed by atoms with van der Waals surface area (Å²) in [6.45, 7) is 5.18. The highest BCUT2D eigenvalue weighted by Gasteiger charge is 2.17. The summed E-state index contributed by atoms with van der Waals surface area (Å²) in [6, 6.07) is 0. The van der Waals surface area contributed by atoms with Crippen LogP contribution in [0.5, 0.6) is 0 Å². The zero-order chi connectivity index (χ0) is 9.61. The maximum absolute atomic E-state index is 10.8. The highest BCUT2D eigenvalue weighted by atomic mass is 31.2. The van der Waals surface area contributed by atoms with Gasteiger partial charge in [-0.3, -0.25) is 9.13 Å². The molecule has 2 atom stereocenters. The molecule has 0 aliphatic heterocycles. The second-order valence-corrected chi connectivity index (χ2v) is 5.10. The summed E-state index contributed by atoms with van der Waals surface area (Å²) < 4.78 is 30.6. The molecule has 0 bridgehead atoms. The van der Waals surface area contributed by atoms with Gasteiger partial charge in [0.05, 0.1) is 0 Å². The SMILES string of the molecule is C=CP(=O)(O)O[PH](=O)COCC. The highest BCUT2D eigenvalue weighted by molar-refractivity contribution is 7.63. The number of hydrogen-bond acceptors (Lipinski definition) is 4. The van der Waals surface area contributed by atoms with Gasteiger partial charge in [-0.15, -0.1) is 0 Å². The van der Waals surface area contributed by atoms with Crippen LogP contribution in [0.3, 0.4) is 0 Å². The van der Waals surface area contributed by atoms with E-state index in [0.717, 1.165) is 5.82 Å². The molecular weight excluding hydrogens is 202 g/mol. The highest BCUT2D eigenvalue weighted by Crippen LogP contribution is 2.51. The Morgan fingerprint density at radius 3 is 2.75 bits per heavy atom. The van der Waals surface area contributed by atoms with Gasteiger partial charge in [0.1, 0.15) is 6.35 Å². The average Bonchev–Trinajstić information content (AvgIpc) is 2.00. The van der Waals surface area contributed by atoms with Crippen molar-refractivity contribution in [3.05, 3.63) is 12.4 Å². The molecule has 0 heterocycles. The molecule has 0 fully saturated rings. The lowest BCUT2D eigenvalue weighted by Crippen LogP contribution is -1.89. The first kappa shape index (κ1) is 12.1. The molecule has 12 heavy (non-hydrogen) atoms. The molecule has 1 N–H and O–H groups in total. The maximum Gasteiger partial charge on any atom is 0.356 e. The summed E-state index contributed by atoms with van der Waals surface area (Å²) >= 11 is 0. The number of ether oxygens (including phenoxy) is 1. The van der Waals surface area contributed by atoms with E-state index in [1.807, 2.05) is 0 Å². The topological polar surface area (TPSA) is 72.8 Å². The van der Waals surface area contributed by atoms with Crippen molar-refractivity contribution in [1.82, 2.24) is 0 Å². The molecule has 0 saturated heterocycles. The van der Waals surface area contributed by atoms with Crippen LogP contribution in [0.2, 0.25) is 0 Å². The van der Waals surface area contributed by atoms with Crippen molar-refractivity contribution in [3.8, 4) is 0 Å². The summed E-state index contributed by atoms with van der Waals surface area (Å²) in [5.74, 6) is 0.738. The minimum Gasteiger partial charge on any atom is -0.372 e. The number of hydrogen-bond donors (Lipinski definition) is 1. The minimum absolute atomic E-state index is 0.139. The Morgan fingerprint density at radius 2 is 2.33 bits per heavy atom. The Labute approximate surface area is 71.8 Å². The van der Waals surface area contributed by atoms with Crippen molar-refractivity contribution in [2.24, 2.45) is 0 Å². The van der Waals surface area contributed by atoms with Crippen molar-refractivity contribution in [1.29, 1.82) is 0 Å². The Balaban J connectivity index is 3.84. The summed E-state index contributed by atoms with van der Waals surface area (Å²) in [5.41, 5.74) is 0. The van der Waals surface area contributed by atoms with E-state index in [1.54, 1.807) is 6.92 Å². The van der Waals surface area contributed by atoms with Crippen LogP contribution in [0.15, 0.2) is 12.4 Å². The summed E-state index contributed by atoms with van der Waals surface area (Å²) in [5, 5.41) is 0. The van der Waals surface area contributed by atoms with E-state index in [-0.39, 0.29) is 6.35 Å². The zero-order valence-corrected chi connectivity index (χ0v) is 8.62. The molecule has 0 aromatic heterocycles. The molecule has 0 amide bonds. The van der Waals surface area contributed by atoms with E-state index < -0.39 is 15.6 Å². The molecule has 0 saturated carbocycles. The van der Waals surface area contributed by atoms with Crippen LogP contribution in [0.1, 0.15) is 6.92 Å². The monoisotopic (exact) mass is 214 g/mol. The van der Waals surface area contributed by atoms with Crippen LogP contribution < -0.4 is 0 Å². The smallest absolute Gasteiger partial charge is 0.356 e. The summed E-state index contributed by atoms with van der Waals surface area (Å²) in [6.07, 6.45) is -0.139. The van der Waals surface area contributed by atoms with Gasteiger partial charge in [0.25, 0.3) is 0 Å². The fraction of sp³-hybridized carbons (Fsp3) is 0.600. The van der Waals surface area contributed by atoms with Crippen LogP contribution in [0, 0.1) is 0 Å². The molecule has 72 valence electrons. The van der Waals surface area contributed by atoms with E-state index in [9.17, 15) is 9.13 Å². The van der Waals surface area contributed by atoms with E-state index in [2.05, 4.69) is 10.9 Å². The van der Waals surface area contributed by atoms with Gasteiger partial charge in [0, 0.05) is 12.4 Å². The molecule has 0 rings (SSSR count). The lowest BCUT2D eigenvalue weighted by atomic mass is 10.9. The van der Waals surface area contributed by atoms with Crippen molar-refractivity contribution in [2.45, 2.75) is 6.92 Å². The van der Waals surface area contributed by atoms with E-state index in [0.29, 0.717) is 6.61 Å². The van der Waals surface area contributed by atoms with E-state index in [1.165, 1.54) is 0 Å². The van der Waals surface area contributed by atoms with E-state index >= 15 is 0 Å². The first-order chi connectivity index (χ1) is 5.52. The van der Waals surface area contributed by atoms with Crippen LogP contribution in [-0.4, -0.2) is 17.8 Å². The molecule has 7 heteroatoms. The van der Waals surface area contributed by atoms with Gasteiger partial charge in [-0.25, -0.2) is 4.31 Å². The largest absolute Gasteiger partial charge is 0.372 e. The average molecular weight is 214 g/mol. The number of rotatable bonds is 6. The van der Waals surface area contributed by atoms with Gasteiger partial charge in [-0.05, 0) is 6.92 Å². The minimum atomic E-state index is -3.85. The molecule has 0 aliphatic rings. The van der Waals surface area contributed by atoms with Gasteiger partial charge in [0.2, 0.25) is 8.03 Å². The second kappa shape index (κ2) is 5.68. The van der Waals surface area contributed by atoms with Crippen LogP contribution >= 0.6 is 15.6 Å². The molecule has 0 aliphatic carbocycles. The third kappa shape index (κ3) is 5.70. The molecule has 2 unspecified atom stereocenters. The standard InChI is InChI=1S/C5H12O5P2/c1-3-9-5-11(6)10-12(7,8)4-2/h4,11H,2-3,5H2,1H3,(H,7,8). The van der Waals surface area contributed by atoms with Gasteiger partial charge in [-0.1, -0.05) is 6.58 Å². The van der Waals surface area contributed by atoms with E-state index in [4.69, 9.17) is 9.63 Å². The third-order valence-electron chi connectivity index (χ3n) is 0.887. The molecule has 0 aromatic rings. The summed E-state index contributed by atoms with van der Waals surface area (Å²) in [7, 11) is -6.43. The molecule has 0 aromatic carbocycles. The van der Waals surface area contributed by atoms with Gasteiger partial charge in [-0.2, -0.15) is 0 Å². The maximum atomic E-state index is 10.8. The molecular formula is C5H12O5P2. The first-order valence-corrected chi connectivity index (χ1v) is 6.45. The van der Waals surface area contributed by atoms with Crippen LogP contribution in [0.25, 0.3) is 0 Å². The predicted molar refractivity (Wildman–Crippen MR) is 46.6 cm³/mol. The lowest BCUT2D eigenvalue weighted by molar-refractivity contribution is 0.187. The lowest BCUT2D eigenvalue weighted by Gasteiger charge is -2.06. The predicted octanol–water partition coefficient (Wildman–Crippen LogP) is 1.80. The van der Waals surface area contributed by atoms with Crippen LogP contribution in [-0.2, 0) is 18.2 Å². The fourth-order valence-electron chi connectivity index (χ4n) is 0.395. The quantitative estimate of drug-likeness (QED) is 0.682. The van der Waals surface area contributed by atoms with Gasteiger partial charge >= 0.3 is 7.60 Å². The van der Waals surface area contributed by atoms with Crippen molar-refractivity contribution >= 4 is 15.6 Å². The van der Waals surface area contributed by atoms with Crippen molar-refractivity contribution in [2.75, 3.05) is 13.0 Å². The molecule has 0 radical (unpaired) electrons. The fourth-order valence-corrected chi connectivity index (χ4v) is 2.44. The van der Waals surface area contributed by atoms with Crippen molar-refractivity contribution < 1.29 is 23.1 Å². The third-order valence-corrected chi connectivity index (χ3v) is 3.65.